The number of rotatable bonds is 4. The van der Waals surface area contributed by atoms with E-state index in [9.17, 15) is 4.79 Å². The third-order valence-electron chi connectivity index (χ3n) is 5.54. The molecule has 6 rings (SSSR count). The van der Waals surface area contributed by atoms with Crippen LogP contribution in [0, 0.1) is 13.8 Å². The fourth-order valence-corrected chi connectivity index (χ4v) is 3.79. The molecule has 1 aliphatic heterocycles. The van der Waals surface area contributed by atoms with Gasteiger partial charge in [0.15, 0.2) is 11.5 Å². The van der Waals surface area contributed by atoms with E-state index in [4.69, 9.17) is 14.0 Å². The summed E-state index contributed by atoms with van der Waals surface area (Å²) in [5.74, 6) is 1.95. The smallest absolute Gasteiger partial charge is 0.293 e. The van der Waals surface area contributed by atoms with Gasteiger partial charge < -0.3 is 14.0 Å². The summed E-state index contributed by atoms with van der Waals surface area (Å²) in [5, 5.41) is 12.8. The van der Waals surface area contributed by atoms with Gasteiger partial charge in [-0.15, -0.1) is 0 Å². The monoisotopic (exact) mass is 442 g/mol. The third kappa shape index (κ3) is 3.32. The van der Waals surface area contributed by atoms with Crippen molar-refractivity contribution in [1.29, 1.82) is 0 Å². The van der Waals surface area contributed by atoms with E-state index in [-0.39, 0.29) is 24.8 Å². The van der Waals surface area contributed by atoms with Gasteiger partial charge in [0.1, 0.15) is 18.4 Å². The predicted molar refractivity (Wildman–Crippen MR) is 117 cm³/mol. The van der Waals surface area contributed by atoms with E-state index < -0.39 is 0 Å². The average molecular weight is 442 g/mol. The van der Waals surface area contributed by atoms with Gasteiger partial charge in [-0.05, 0) is 49.7 Å². The highest BCUT2D eigenvalue weighted by Gasteiger charge is 2.18. The van der Waals surface area contributed by atoms with Gasteiger partial charge in [0, 0.05) is 11.1 Å². The van der Waals surface area contributed by atoms with Crippen LogP contribution in [0.4, 0.5) is 0 Å². The molecule has 0 aliphatic carbocycles. The van der Waals surface area contributed by atoms with E-state index in [2.05, 4.69) is 26.4 Å². The lowest BCUT2D eigenvalue weighted by Crippen LogP contribution is -2.25. The average Bonchev–Trinajstić information content (AvgIpc) is 3.56. The first-order valence-corrected chi connectivity index (χ1v) is 10.3. The van der Waals surface area contributed by atoms with E-state index in [1.807, 2.05) is 32.0 Å². The van der Waals surface area contributed by atoms with Gasteiger partial charge in [0.05, 0.1) is 5.69 Å². The Morgan fingerprint density at radius 2 is 1.91 bits per heavy atom. The maximum atomic E-state index is 13.1. The maximum Gasteiger partial charge on any atom is 0.293 e. The molecule has 0 atom stereocenters. The highest BCUT2D eigenvalue weighted by Crippen LogP contribution is 2.35. The summed E-state index contributed by atoms with van der Waals surface area (Å²) in [7, 11) is 0. The number of fused-ring (bicyclic) bond motifs is 2. The molecule has 33 heavy (non-hydrogen) atoms. The van der Waals surface area contributed by atoms with E-state index in [1.54, 1.807) is 18.2 Å². The zero-order valence-electron chi connectivity index (χ0n) is 17.8. The molecule has 2 aromatic carbocycles. The maximum absolute atomic E-state index is 13.1. The van der Waals surface area contributed by atoms with Gasteiger partial charge in [-0.1, -0.05) is 22.9 Å². The van der Waals surface area contributed by atoms with Crippen LogP contribution in [0.25, 0.3) is 28.2 Å². The van der Waals surface area contributed by atoms with E-state index in [0.717, 1.165) is 27.9 Å². The van der Waals surface area contributed by atoms with Crippen molar-refractivity contribution in [3.63, 3.8) is 0 Å². The van der Waals surface area contributed by atoms with Gasteiger partial charge in [0.25, 0.3) is 5.56 Å². The Balaban J connectivity index is 1.31. The Bertz CT molecular complexity index is 1580. The summed E-state index contributed by atoms with van der Waals surface area (Å²) in [6, 6.07) is 13.3. The molecule has 0 radical (unpaired) electrons. The van der Waals surface area contributed by atoms with Crippen LogP contribution in [0.2, 0.25) is 0 Å². The lowest BCUT2D eigenvalue weighted by atomic mass is 10.0. The number of ether oxygens (including phenoxy) is 2. The molecule has 0 bridgehead atoms. The van der Waals surface area contributed by atoms with Crippen LogP contribution >= 0.6 is 0 Å². The Morgan fingerprint density at radius 1 is 1.03 bits per heavy atom. The van der Waals surface area contributed by atoms with Gasteiger partial charge in [-0.25, -0.2) is 9.20 Å². The molecule has 0 saturated heterocycles. The second-order valence-electron chi connectivity index (χ2n) is 7.85. The molecule has 0 amide bonds. The number of benzene rings is 2. The first-order chi connectivity index (χ1) is 16.0. The van der Waals surface area contributed by atoms with Crippen molar-refractivity contribution in [3.8, 4) is 34.1 Å². The number of nitrogens with zero attached hydrogens (tertiary/aromatic N) is 6. The van der Waals surface area contributed by atoms with Crippen LogP contribution < -0.4 is 15.0 Å². The Kier molecular flexibility index (Phi) is 4.25. The first-order valence-electron chi connectivity index (χ1n) is 10.3. The van der Waals surface area contributed by atoms with Crippen molar-refractivity contribution >= 4 is 5.52 Å². The quantitative estimate of drug-likeness (QED) is 0.418. The van der Waals surface area contributed by atoms with Crippen molar-refractivity contribution in [3.05, 3.63) is 76.2 Å². The van der Waals surface area contributed by atoms with E-state index in [1.165, 1.54) is 15.5 Å². The lowest BCUT2D eigenvalue weighted by Gasteiger charge is -2.03. The summed E-state index contributed by atoms with van der Waals surface area (Å²) >= 11 is 0. The fraction of sp³-hybridized carbons (Fsp3) is 0.174. The van der Waals surface area contributed by atoms with Crippen LogP contribution in [0.15, 0.2) is 58.1 Å². The minimum Gasteiger partial charge on any atom is -0.454 e. The molecule has 164 valence electrons. The zero-order valence-corrected chi connectivity index (χ0v) is 17.8. The van der Waals surface area contributed by atoms with Crippen LogP contribution in [0.5, 0.6) is 11.5 Å². The summed E-state index contributed by atoms with van der Waals surface area (Å²) in [4.78, 5) is 17.5. The van der Waals surface area contributed by atoms with Crippen molar-refractivity contribution in [1.82, 2.24) is 29.5 Å². The zero-order chi connectivity index (χ0) is 22.5. The summed E-state index contributed by atoms with van der Waals surface area (Å²) in [6.07, 6.45) is 1.50. The molecule has 3 aromatic heterocycles. The summed E-state index contributed by atoms with van der Waals surface area (Å²) < 4.78 is 18.8. The van der Waals surface area contributed by atoms with Crippen molar-refractivity contribution in [2.75, 3.05) is 6.79 Å². The van der Waals surface area contributed by atoms with Gasteiger partial charge in [-0.2, -0.15) is 15.2 Å². The highest BCUT2D eigenvalue weighted by molar-refractivity contribution is 5.69. The topological polar surface area (TPSA) is 110 Å². The molecule has 0 N–H and O–H groups in total. The van der Waals surface area contributed by atoms with Gasteiger partial charge in [0.2, 0.25) is 18.5 Å². The number of aryl methyl sites for hydroxylation is 2. The standard InChI is InChI=1S/C23H18N6O4/c1-13-3-4-14(2)16(7-13)17-9-18-23(30)28(24-11-29(18)26-17)10-21-25-22(27-33-21)15-5-6-19-20(8-15)32-12-31-19/h3-9,11H,10,12H2,1-2H3. The van der Waals surface area contributed by atoms with Crippen LogP contribution in [-0.4, -0.2) is 36.3 Å². The molecule has 10 heteroatoms. The lowest BCUT2D eigenvalue weighted by molar-refractivity contribution is 0.174. The number of hydrogen-bond acceptors (Lipinski definition) is 8. The second kappa shape index (κ2) is 7.30. The largest absolute Gasteiger partial charge is 0.454 e. The molecule has 5 aromatic rings. The number of aromatic nitrogens is 6. The van der Waals surface area contributed by atoms with Crippen molar-refractivity contribution in [2.45, 2.75) is 20.4 Å². The van der Waals surface area contributed by atoms with E-state index in [0.29, 0.717) is 22.8 Å². The molecule has 0 fully saturated rings. The summed E-state index contributed by atoms with van der Waals surface area (Å²) in [5.41, 5.74) is 4.74. The molecular formula is C23H18N6O4. The first kappa shape index (κ1) is 19.2. The summed E-state index contributed by atoms with van der Waals surface area (Å²) in [6.45, 7) is 4.27. The fourth-order valence-electron chi connectivity index (χ4n) is 3.79. The van der Waals surface area contributed by atoms with Crippen molar-refractivity contribution in [2.24, 2.45) is 0 Å². The van der Waals surface area contributed by atoms with Crippen LogP contribution in [0.1, 0.15) is 17.0 Å². The van der Waals surface area contributed by atoms with Crippen LogP contribution in [-0.2, 0) is 6.54 Å². The molecule has 4 heterocycles. The number of hydrogen-bond donors (Lipinski definition) is 0. The predicted octanol–water partition coefficient (Wildman–Crippen LogP) is 3.00. The SMILES string of the molecule is Cc1ccc(C)c(-c2cc3c(=O)n(Cc4nc(-c5ccc6c(c5)OCO6)no4)ncn3n2)c1. The highest BCUT2D eigenvalue weighted by atomic mass is 16.7. The molecule has 0 saturated carbocycles. The van der Waals surface area contributed by atoms with E-state index >= 15 is 0 Å². The van der Waals surface area contributed by atoms with Gasteiger partial charge in [-0.3, -0.25) is 4.79 Å². The molecule has 0 spiro atoms. The molecule has 1 aliphatic rings. The molecule has 10 nitrogen and oxygen atoms in total. The normalized spacial score (nSPS) is 12.5. The molecular weight excluding hydrogens is 424 g/mol. The van der Waals surface area contributed by atoms with Crippen LogP contribution in [0.3, 0.4) is 0 Å². The minimum atomic E-state index is -0.301. The minimum absolute atomic E-state index is 0.0386. The Labute approximate surface area is 187 Å². The van der Waals surface area contributed by atoms with Crippen molar-refractivity contribution < 1.29 is 14.0 Å². The molecule has 0 unspecified atom stereocenters. The Morgan fingerprint density at radius 3 is 2.82 bits per heavy atom. The second-order valence-corrected chi connectivity index (χ2v) is 7.85. The van der Waals surface area contributed by atoms with Gasteiger partial charge >= 0.3 is 0 Å². The Hall–Kier alpha value is -4.47. The third-order valence-corrected chi connectivity index (χ3v) is 5.54.